The van der Waals surface area contributed by atoms with E-state index < -0.39 is 0 Å². The first-order valence-corrected chi connectivity index (χ1v) is 9.52. The number of H-pyrrole nitrogens is 1. The SMILES string of the molecule is O=C(c1cccc(-n2cnnc2)n1)N1CCc2[nH]nc(-c3ccccc3)c2CC1. The minimum Gasteiger partial charge on any atom is -0.337 e. The highest BCUT2D eigenvalue weighted by molar-refractivity contribution is 5.92. The number of carbonyl (C=O) groups excluding carboxylic acids is 1. The van der Waals surface area contributed by atoms with Gasteiger partial charge in [0.2, 0.25) is 0 Å². The average Bonchev–Trinajstić information content (AvgIpc) is 3.41. The molecule has 0 atom stereocenters. The molecular formula is C21H19N7O. The number of aromatic nitrogens is 6. The topological polar surface area (TPSA) is 92.6 Å². The van der Waals surface area contributed by atoms with E-state index in [9.17, 15) is 4.79 Å². The van der Waals surface area contributed by atoms with Crippen molar-refractivity contribution in [3.63, 3.8) is 0 Å². The van der Waals surface area contributed by atoms with Crippen LogP contribution in [0, 0.1) is 0 Å². The Morgan fingerprint density at radius 3 is 2.55 bits per heavy atom. The molecule has 8 heteroatoms. The summed E-state index contributed by atoms with van der Waals surface area (Å²) >= 11 is 0. The number of nitrogens with zero attached hydrogens (tertiary/aromatic N) is 6. The lowest BCUT2D eigenvalue weighted by Crippen LogP contribution is -2.34. The van der Waals surface area contributed by atoms with Crippen molar-refractivity contribution in [2.24, 2.45) is 0 Å². The molecule has 0 spiro atoms. The zero-order valence-corrected chi connectivity index (χ0v) is 15.7. The molecule has 1 aliphatic heterocycles. The summed E-state index contributed by atoms with van der Waals surface area (Å²) in [7, 11) is 0. The van der Waals surface area contributed by atoms with Gasteiger partial charge in [-0.25, -0.2) is 4.98 Å². The van der Waals surface area contributed by atoms with Gasteiger partial charge in [-0.3, -0.25) is 14.5 Å². The summed E-state index contributed by atoms with van der Waals surface area (Å²) in [6.45, 7) is 1.25. The zero-order valence-electron chi connectivity index (χ0n) is 15.7. The van der Waals surface area contributed by atoms with Crippen molar-refractivity contribution >= 4 is 5.91 Å². The molecule has 1 amide bonds. The first kappa shape index (κ1) is 17.3. The van der Waals surface area contributed by atoms with Gasteiger partial charge < -0.3 is 4.90 Å². The summed E-state index contributed by atoms with van der Waals surface area (Å²) in [5.41, 5.74) is 4.78. The minimum absolute atomic E-state index is 0.0701. The van der Waals surface area contributed by atoms with E-state index in [0.29, 0.717) is 24.6 Å². The average molecular weight is 385 g/mol. The number of benzene rings is 1. The Kier molecular flexibility index (Phi) is 4.36. The smallest absolute Gasteiger partial charge is 0.272 e. The maximum atomic E-state index is 13.1. The predicted octanol–water partition coefficient (Wildman–Crippen LogP) is 2.29. The Bertz CT molecular complexity index is 1140. The molecule has 4 heterocycles. The number of hydrogen-bond donors (Lipinski definition) is 1. The van der Waals surface area contributed by atoms with E-state index >= 15 is 0 Å². The fourth-order valence-corrected chi connectivity index (χ4v) is 3.69. The normalized spacial score (nSPS) is 13.7. The van der Waals surface area contributed by atoms with Crippen LogP contribution < -0.4 is 0 Å². The second-order valence-corrected chi connectivity index (χ2v) is 6.94. The van der Waals surface area contributed by atoms with E-state index in [1.165, 1.54) is 5.56 Å². The van der Waals surface area contributed by atoms with Crippen LogP contribution >= 0.6 is 0 Å². The lowest BCUT2D eigenvalue weighted by Gasteiger charge is -2.20. The van der Waals surface area contributed by atoms with Crippen molar-refractivity contribution < 1.29 is 4.79 Å². The van der Waals surface area contributed by atoms with E-state index in [0.717, 1.165) is 29.8 Å². The summed E-state index contributed by atoms with van der Waals surface area (Å²) in [6.07, 6.45) is 4.62. The van der Waals surface area contributed by atoms with Gasteiger partial charge in [0.25, 0.3) is 5.91 Å². The van der Waals surface area contributed by atoms with Crippen molar-refractivity contribution in [2.75, 3.05) is 13.1 Å². The summed E-state index contributed by atoms with van der Waals surface area (Å²) in [6, 6.07) is 15.5. The number of aromatic amines is 1. The van der Waals surface area contributed by atoms with E-state index in [4.69, 9.17) is 0 Å². The summed E-state index contributed by atoms with van der Waals surface area (Å²) in [4.78, 5) is 19.5. The van der Waals surface area contributed by atoms with Gasteiger partial charge in [-0.2, -0.15) is 5.10 Å². The van der Waals surface area contributed by atoms with Crippen molar-refractivity contribution in [1.82, 2.24) is 34.8 Å². The van der Waals surface area contributed by atoms with Gasteiger partial charge >= 0.3 is 0 Å². The highest BCUT2D eigenvalue weighted by Gasteiger charge is 2.24. The Morgan fingerprint density at radius 2 is 1.72 bits per heavy atom. The molecule has 1 N–H and O–H groups in total. The van der Waals surface area contributed by atoms with E-state index in [1.807, 2.05) is 35.2 Å². The molecule has 144 valence electrons. The number of amides is 1. The van der Waals surface area contributed by atoms with Crippen LogP contribution in [-0.2, 0) is 12.8 Å². The molecule has 3 aromatic heterocycles. The van der Waals surface area contributed by atoms with Gasteiger partial charge in [0.15, 0.2) is 0 Å². The van der Waals surface area contributed by atoms with Gasteiger partial charge in [-0.05, 0) is 18.6 Å². The highest BCUT2D eigenvalue weighted by atomic mass is 16.2. The van der Waals surface area contributed by atoms with Crippen molar-refractivity contribution in [1.29, 1.82) is 0 Å². The molecule has 0 fully saturated rings. The van der Waals surface area contributed by atoms with E-state index in [1.54, 1.807) is 23.3 Å². The molecule has 0 bridgehead atoms. The standard InChI is InChI=1S/C21H19N7O/c29-21(18-7-4-8-19(24-18)28-13-22-23-14-28)27-11-9-16-17(10-12-27)25-26-20(16)15-5-2-1-3-6-15/h1-8,13-14H,9-12H2,(H,25,26). The maximum Gasteiger partial charge on any atom is 0.272 e. The molecule has 8 nitrogen and oxygen atoms in total. The van der Waals surface area contributed by atoms with Crippen LogP contribution in [0.25, 0.3) is 17.1 Å². The van der Waals surface area contributed by atoms with Gasteiger partial charge in [-0.1, -0.05) is 36.4 Å². The molecular weight excluding hydrogens is 366 g/mol. The van der Waals surface area contributed by atoms with Crippen LogP contribution in [0.15, 0.2) is 61.2 Å². The number of nitrogens with one attached hydrogen (secondary N) is 1. The Morgan fingerprint density at radius 1 is 0.931 bits per heavy atom. The van der Waals surface area contributed by atoms with Gasteiger partial charge in [0, 0.05) is 36.3 Å². The molecule has 0 saturated carbocycles. The van der Waals surface area contributed by atoms with Crippen molar-refractivity contribution in [2.45, 2.75) is 12.8 Å². The summed E-state index contributed by atoms with van der Waals surface area (Å²) in [5, 5.41) is 15.3. The fourth-order valence-electron chi connectivity index (χ4n) is 3.69. The first-order valence-electron chi connectivity index (χ1n) is 9.52. The molecule has 5 rings (SSSR count). The molecule has 0 unspecified atom stereocenters. The second kappa shape index (κ2) is 7.31. The third kappa shape index (κ3) is 3.29. The lowest BCUT2D eigenvalue weighted by atomic mass is 10.0. The van der Waals surface area contributed by atoms with Gasteiger partial charge in [-0.15, -0.1) is 10.2 Å². The monoisotopic (exact) mass is 385 g/mol. The molecule has 4 aromatic rings. The number of rotatable bonds is 3. The van der Waals surface area contributed by atoms with Crippen LogP contribution in [0.1, 0.15) is 21.7 Å². The molecule has 0 saturated heterocycles. The third-order valence-corrected chi connectivity index (χ3v) is 5.19. The maximum absolute atomic E-state index is 13.1. The van der Waals surface area contributed by atoms with Crippen LogP contribution in [0.4, 0.5) is 0 Å². The highest BCUT2D eigenvalue weighted by Crippen LogP contribution is 2.26. The van der Waals surface area contributed by atoms with Crippen molar-refractivity contribution in [3.05, 3.63) is 78.1 Å². The largest absolute Gasteiger partial charge is 0.337 e. The fraction of sp³-hybridized carbons (Fsp3) is 0.190. The summed E-state index contributed by atoms with van der Waals surface area (Å²) in [5.74, 6) is 0.552. The number of pyridine rings is 1. The lowest BCUT2D eigenvalue weighted by molar-refractivity contribution is 0.0757. The van der Waals surface area contributed by atoms with E-state index in [2.05, 4.69) is 37.5 Å². The van der Waals surface area contributed by atoms with Crippen LogP contribution in [0.2, 0.25) is 0 Å². The number of carbonyl (C=O) groups is 1. The van der Waals surface area contributed by atoms with Crippen LogP contribution in [-0.4, -0.2) is 53.8 Å². The van der Waals surface area contributed by atoms with Crippen LogP contribution in [0.5, 0.6) is 0 Å². The van der Waals surface area contributed by atoms with Crippen LogP contribution in [0.3, 0.4) is 0 Å². The Labute approximate surface area is 167 Å². The first-order chi connectivity index (χ1) is 14.3. The molecule has 1 aromatic carbocycles. The molecule has 0 aliphatic carbocycles. The summed E-state index contributed by atoms with van der Waals surface area (Å²) < 4.78 is 1.68. The van der Waals surface area contributed by atoms with Crippen molar-refractivity contribution in [3.8, 4) is 17.1 Å². The second-order valence-electron chi connectivity index (χ2n) is 6.94. The van der Waals surface area contributed by atoms with Gasteiger partial charge in [0.1, 0.15) is 24.2 Å². The Balaban J connectivity index is 1.37. The predicted molar refractivity (Wildman–Crippen MR) is 106 cm³/mol. The third-order valence-electron chi connectivity index (χ3n) is 5.19. The zero-order chi connectivity index (χ0) is 19.6. The minimum atomic E-state index is -0.0701. The quantitative estimate of drug-likeness (QED) is 0.584. The number of hydrogen-bond acceptors (Lipinski definition) is 5. The Hall–Kier alpha value is -3.81. The van der Waals surface area contributed by atoms with Gasteiger partial charge in [0.05, 0.1) is 5.69 Å². The molecule has 0 radical (unpaired) electrons. The molecule has 1 aliphatic rings. The molecule has 29 heavy (non-hydrogen) atoms. The van der Waals surface area contributed by atoms with E-state index in [-0.39, 0.29) is 5.91 Å². The number of fused-ring (bicyclic) bond motifs is 1.